The Bertz CT molecular complexity index is 796. The molecule has 0 saturated heterocycles. The molecule has 7 heteroatoms. The largest absolute Gasteiger partial charge is 0.402 e. The van der Waals surface area contributed by atoms with Crippen LogP contribution in [0.2, 0.25) is 0 Å². The van der Waals surface area contributed by atoms with Crippen molar-refractivity contribution in [3.8, 4) is 10.8 Å². The van der Waals surface area contributed by atoms with E-state index in [1.165, 1.54) is 12.1 Å². The van der Waals surface area contributed by atoms with Gasteiger partial charge in [-0.15, -0.1) is 5.10 Å². The molecule has 0 amide bonds. The van der Waals surface area contributed by atoms with Crippen LogP contribution in [0.3, 0.4) is 0 Å². The fraction of sp³-hybridized carbons (Fsp3) is 0.0909. The molecule has 0 aliphatic carbocycles. The van der Waals surface area contributed by atoms with Crippen LogP contribution in [-0.2, 0) is 0 Å². The molecular weight excluding hydrogens is 257 g/mol. The van der Waals surface area contributed by atoms with Crippen molar-refractivity contribution in [3.05, 3.63) is 40.1 Å². The maximum absolute atomic E-state index is 13.5. The van der Waals surface area contributed by atoms with Crippen LogP contribution in [0.1, 0.15) is 5.69 Å². The predicted octanol–water partition coefficient (Wildman–Crippen LogP) is 2.15. The number of rotatable bonds is 1. The van der Waals surface area contributed by atoms with Crippen LogP contribution < -0.4 is 5.63 Å². The number of halogens is 1. The summed E-state index contributed by atoms with van der Waals surface area (Å²) in [6.45, 7) is 1.73. The van der Waals surface area contributed by atoms with Gasteiger partial charge in [0.1, 0.15) is 16.1 Å². The molecule has 0 fully saturated rings. The number of hydrogen-bond donors (Lipinski definition) is 0. The fourth-order valence-electron chi connectivity index (χ4n) is 1.60. The molecule has 3 rings (SSSR count). The van der Waals surface area contributed by atoms with Crippen molar-refractivity contribution in [1.29, 1.82) is 0 Å². The van der Waals surface area contributed by atoms with Gasteiger partial charge in [-0.25, -0.2) is 14.2 Å². The number of hydrogen-bond acceptors (Lipinski definition) is 6. The molecule has 2 aromatic heterocycles. The van der Waals surface area contributed by atoms with Gasteiger partial charge in [-0.1, -0.05) is 10.6 Å². The number of aryl methyl sites for hydroxylation is 1. The normalized spacial score (nSPS) is 11.0. The van der Waals surface area contributed by atoms with Gasteiger partial charge in [-0.2, -0.15) is 0 Å². The summed E-state index contributed by atoms with van der Waals surface area (Å²) in [5.41, 5.74) is 0.126. The van der Waals surface area contributed by atoms with E-state index < -0.39 is 11.4 Å². The second-order valence-electron chi connectivity index (χ2n) is 3.63. The lowest BCUT2D eigenvalue weighted by Gasteiger charge is -1.99. The van der Waals surface area contributed by atoms with Gasteiger partial charge in [-0.05, 0) is 30.6 Å². The van der Waals surface area contributed by atoms with Crippen molar-refractivity contribution < 1.29 is 8.81 Å². The molecule has 0 saturated carbocycles. The Morgan fingerprint density at radius 3 is 2.94 bits per heavy atom. The minimum absolute atomic E-state index is 0.116. The number of fused-ring (bicyclic) bond motifs is 1. The van der Waals surface area contributed by atoms with Crippen LogP contribution in [0.5, 0.6) is 0 Å². The molecule has 1 aromatic carbocycles. The highest BCUT2D eigenvalue weighted by Crippen LogP contribution is 2.24. The first-order valence-corrected chi connectivity index (χ1v) is 5.83. The molecule has 90 valence electrons. The maximum Gasteiger partial charge on any atom is 0.350 e. The molecule has 0 spiro atoms. The molecule has 0 atom stereocenters. The zero-order valence-electron chi connectivity index (χ0n) is 9.18. The van der Waals surface area contributed by atoms with E-state index in [2.05, 4.69) is 14.6 Å². The predicted molar refractivity (Wildman–Crippen MR) is 63.9 cm³/mol. The zero-order valence-corrected chi connectivity index (χ0v) is 9.99. The van der Waals surface area contributed by atoms with E-state index in [1.54, 1.807) is 13.0 Å². The second kappa shape index (κ2) is 3.95. The van der Waals surface area contributed by atoms with Gasteiger partial charge in [0.2, 0.25) is 5.89 Å². The molecule has 0 N–H and O–H groups in total. The van der Waals surface area contributed by atoms with Gasteiger partial charge in [-0.3, -0.25) is 0 Å². The number of benzene rings is 1. The summed E-state index contributed by atoms with van der Waals surface area (Å²) < 4.78 is 22.2. The SMILES string of the molecule is Cc1nnsc1-c1nc2cccc(F)c2c(=O)o1. The van der Waals surface area contributed by atoms with Gasteiger partial charge >= 0.3 is 5.63 Å². The van der Waals surface area contributed by atoms with Gasteiger partial charge < -0.3 is 4.42 Å². The molecule has 5 nitrogen and oxygen atoms in total. The summed E-state index contributed by atoms with van der Waals surface area (Å²) in [6, 6.07) is 4.24. The van der Waals surface area contributed by atoms with Crippen molar-refractivity contribution >= 4 is 22.4 Å². The average molecular weight is 263 g/mol. The lowest BCUT2D eigenvalue weighted by molar-refractivity contribution is 0.514. The Hall–Kier alpha value is -2.15. The van der Waals surface area contributed by atoms with E-state index in [-0.39, 0.29) is 16.8 Å². The highest BCUT2D eigenvalue weighted by Gasteiger charge is 2.15. The van der Waals surface area contributed by atoms with E-state index >= 15 is 0 Å². The second-order valence-corrected chi connectivity index (χ2v) is 4.38. The van der Waals surface area contributed by atoms with Gasteiger partial charge in [0.15, 0.2) is 0 Å². The average Bonchev–Trinajstić information content (AvgIpc) is 2.75. The first-order chi connectivity index (χ1) is 8.66. The first-order valence-electron chi connectivity index (χ1n) is 5.05. The lowest BCUT2D eigenvalue weighted by Crippen LogP contribution is -2.04. The topological polar surface area (TPSA) is 68.9 Å². The van der Waals surface area contributed by atoms with Crippen molar-refractivity contribution in [1.82, 2.24) is 14.6 Å². The minimum atomic E-state index is -0.749. The third-order valence-electron chi connectivity index (χ3n) is 2.45. The smallest absolute Gasteiger partial charge is 0.350 e. The molecule has 0 aliphatic heterocycles. The molecule has 2 heterocycles. The van der Waals surface area contributed by atoms with Crippen LogP contribution in [0, 0.1) is 12.7 Å². The summed E-state index contributed by atoms with van der Waals surface area (Å²) in [5, 5.41) is 3.67. The van der Waals surface area contributed by atoms with Crippen molar-refractivity contribution in [2.75, 3.05) is 0 Å². The highest BCUT2D eigenvalue weighted by molar-refractivity contribution is 7.09. The third-order valence-corrected chi connectivity index (χ3v) is 3.27. The van der Waals surface area contributed by atoms with E-state index in [4.69, 9.17) is 4.42 Å². The number of nitrogens with zero attached hydrogens (tertiary/aromatic N) is 3. The monoisotopic (exact) mass is 263 g/mol. The van der Waals surface area contributed by atoms with Gasteiger partial charge in [0, 0.05) is 0 Å². The molecule has 3 aromatic rings. The first kappa shape index (κ1) is 11.0. The molecule has 0 aliphatic rings. The molecule has 18 heavy (non-hydrogen) atoms. The minimum Gasteiger partial charge on any atom is -0.402 e. The van der Waals surface area contributed by atoms with E-state index in [1.807, 2.05) is 0 Å². The zero-order chi connectivity index (χ0) is 12.7. The van der Waals surface area contributed by atoms with E-state index in [9.17, 15) is 9.18 Å². The Morgan fingerprint density at radius 2 is 2.22 bits per heavy atom. The van der Waals surface area contributed by atoms with Crippen LogP contribution in [0.25, 0.3) is 21.7 Å². The van der Waals surface area contributed by atoms with E-state index in [0.717, 1.165) is 11.5 Å². The molecular formula is C11H6FN3O2S. The summed E-state index contributed by atoms with van der Waals surface area (Å²) in [5.74, 6) is -0.523. The maximum atomic E-state index is 13.5. The highest BCUT2D eigenvalue weighted by atomic mass is 32.1. The van der Waals surface area contributed by atoms with Gasteiger partial charge in [0.05, 0.1) is 11.2 Å². The standard InChI is InChI=1S/C11H6FN3O2S/c1-5-9(18-15-14-5)10-13-7-4-2-3-6(12)8(7)11(16)17-10/h2-4H,1H3. The fourth-order valence-corrected chi connectivity index (χ4v) is 2.19. The Balaban J connectivity index is 2.36. The van der Waals surface area contributed by atoms with Crippen LogP contribution in [0.15, 0.2) is 27.4 Å². The Kier molecular flexibility index (Phi) is 2.41. The molecule has 0 bridgehead atoms. The van der Waals surface area contributed by atoms with Crippen LogP contribution in [0.4, 0.5) is 4.39 Å². The number of aromatic nitrogens is 3. The quantitative estimate of drug-likeness (QED) is 0.673. The Labute approximate surface area is 104 Å². The molecule has 0 unspecified atom stereocenters. The summed E-state index contributed by atoms with van der Waals surface area (Å²) in [6.07, 6.45) is 0. The van der Waals surface area contributed by atoms with E-state index in [0.29, 0.717) is 10.6 Å². The van der Waals surface area contributed by atoms with Crippen molar-refractivity contribution in [3.63, 3.8) is 0 Å². The summed E-state index contributed by atoms with van der Waals surface area (Å²) in [4.78, 5) is 16.4. The summed E-state index contributed by atoms with van der Waals surface area (Å²) >= 11 is 1.07. The van der Waals surface area contributed by atoms with Crippen molar-refractivity contribution in [2.24, 2.45) is 0 Å². The third kappa shape index (κ3) is 1.60. The van der Waals surface area contributed by atoms with Gasteiger partial charge in [0.25, 0.3) is 0 Å². The Morgan fingerprint density at radius 1 is 1.39 bits per heavy atom. The van der Waals surface area contributed by atoms with Crippen LogP contribution >= 0.6 is 11.5 Å². The lowest BCUT2D eigenvalue weighted by atomic mass is 10.2. The van der Waals surface area contributed by atoms with Crippen molar-refractivity contribution in [2.45, 2.75) is 6.92 Å². The molecule has 0 radical (unpaired) electrons. The summed E-state index contributed by atoms with van der Waals surface area (Å²) in [7, 11) is 0. The van der Waals surface area contributed by atoms with Crippen LogP contribution in [-0.4, -0.2) is 14.6 Å².